The Labute approximate surface area is 123 Å². The van der Waals surface area contributed by atoms with Gasteiger partial charge in [0.2, 0.25) is 5.91 Å². The molecule has 1 aliphatic rings. The Kier molecular flexibility index (Phi) is 6.27. The molecule has 0 saturated carbocycles. The standard InChI is InChI=1S/C12H17N3O2S.ClH/c1-14(12(17)10-3-2-8-18-10)9-11(16)15-6-4-13-5-7-15;/h2-3,8,13H,4-7,9H2,1H3;1H. The summed E-state index contributed by atoms with van der Waals surface area (Å²) in [6.45, 7) is 3.25. The summed E-state index contributed by atoms with van der Waals surface area (Å²) in [5.74, 6) is -0.0719. The van der Waals surface area contributed by atoms with Crippen molar-refractivity contribution in [1.29, 1.82) is 0 Å². The van der Waals surface area contributed by atoms with Gasteiger partial charge in [-0.25, -0.2) is 0 Å². The van der Waals surface area contributed by atoms with Crippen LogP contribution < -0.4 is 5.32 Å². The van der Waals surface area contributed by atoms with E-state index in [0.717, 1.165) is 26.2 Å². The Morgan fingerprint density at radius 1 is 1.42 bits per heavy atom. The highest BCUT2D eigenvalue weighted by molar-refractivity contribution is 7.12. The Morgan fingerprint density at radius 3 is 2.68 bits per heavy atom. The SMILES string of the molecule is CN(CC(=O)N1CCNCC1)C(=O)c1cccs1.Cl. The van der Waals surface area contributed by atoms with E-state index in [-0.39, 0.29) is 30.8 Å². The maximum absolute atomic E-state index is 12.0. The molecule has 1 fully saturated rings. The molecule has 1 N–H and O–H groups in total. The monoisotopic (exact) mass is 303 g/mol. The lowest BCUT2D eigenvalue weighted by Crippen LogP contribution is -2.49. The maximum atomic E-state index is 12.0. The number of nitrogens with zero attached hydrogens (tertiary/aromatic N) is 2. The fourth-order valence-corrected chi connectivity index (χ4v) is 2.59. The lowest BCUT2D eigenvalue weighted by molar-refractivity contribution is -0.132. The molecule has 106 valence electrons. The summed E-state index contributed by atoms with van der Waals surface area (Å²) in [6, 6.07) is 3.61. The van der Waals surface area contributed by atoms with Crippen molar-refractivity contribution < 1.29 is 9.59 Å². The van der Waals surface area contributed by atoms with E-state index in [4.69, 9.17) is 0 Å². The van der Waals surface area contributed by atoms with Gasteiger partial charge in [0.05, 0.1) is 11.4 Å². The molecular formula is C12H18ClN3O2S. The fourth-order valence-electron chi connectivity index (χ4n) is 1.88. The minimum Gasteiger partial charge on any atom is -0.339 e. The van der Waals surface area contributed by atoms with Gasteiger partial charge in [0, 0.05) is 33.2 Å². The molecule has 0 bridgehead atoms. The Morgan fingerprint density at radius 2 is 2.11 bits per heavy atom. The van der Waals surface area contributed by atoms with E-state index in [1.807, 2.05) is 11.4 Å². The Hall–Kier alpha value is -1.11. The number of halogens is 1. The normalized spacial score (nSPS) is 14.7. The lowest BCUT2D eigenvalue weighted by atomic mass is 10.3. The molecule has 1 aromatic rings. The second-order valence-corrected chi connectivity index (χ2v) is 5.22. The maximum Gasteiger partial charge on any atom is 0.264 e. The number of piperazine rings is 1. The molecule has 1 saturated heterocycles. The molecule has 2 amide bonds. The number of carbonyl (C=O) groups excluding carboxylic acids is 2. The van der Waals surface area contributed by atoms with E-state index in [2.05, 4.69) is 5.32 Å². The first-order chi connectivity index (χ1) is 8.68. The molecule has 0 spiro atoms. The van der Waals surface area contributed by atoms with Crippen LogP contribution in [-0.4, -0.2) is 61.4 Å². The van der Waals surface area contributed by atoms with E-state index in [1.165, 1.54) is 16.2 Å². The van der Waals surface area contributed by atoms with Gasteiger partial charge < -0.3 is 15.1 Å². The van der Waals surface area contributed by atoms with Crippen LogP contribution in [0.2, 0.25) is 0 Å². The van der Waals surface area contributed by atoms with Gasteiger partial charge in [0.25, 0.3) is 5.91 Å². The lowest BCUT2D eigenvalue weighted by Gasteiger charge is -2.29. The Bertz CT molecular complexity index is 419. The predicted molar refractivity (Wildman–Crippen MR) is 78.0 cm³/mol. The third-order valence-corrected chi connectivity index (χ3v) is 3.78. The van der Waals surface area contributed by atoms with Crippen LogP contribution in [0.5, 0.6) is 0 Å². The minimum absolute atomic E-state index is 0. The van der Waals surface area contributed by atoms with Crippen molar-refractivity contribution >= 4 is 35.6 Å². The van der Waals surface area contributed by atoms with Gasteiger partial charge in [-0.15, -0.1) is 23.7 Å². The zero-order valence-corrected chi connectivity index (χ0v) is 12.4. The summed E-state index contributed by atoms with van der Waals surface area (Å²) >= 11 is 1.40. The fraction of sp³-hybridized carbons (Fsp3) is 0.500. The third-order valence-electron chi connectivity index (χ3n) is 2.92. The van der Waals surface area contributed by atoms with Gasteiger partial charge >= 0.3 is 0 Å². The molecule has 5 nitrogen and oxygen atoms in total. The van der Waals surface area contributed by atoms with Gasteiger partial charge in [-0.3, -0.25) is 9.59 Å². The summed E-state index contributed by atoms with van der Waals surface area (Å²) < 4.78 is 0. The first-order valence-electron chi connectivity index (χ1n) is 5.96. The molecule has 2 heterocycles. The van der Waals surface area contributed by atoms with Crippen LogP contribution in [0.25, 0.3) is 0 Å². The van der Waals surface area contributed by atoms with Gasteiger partial charge in [-0.2, -0.15) is 0 Å². The Balaban J connectivity index is 0.00000180. The highest BCUT2D eigenvalue weighted by Gasteiger charge is 2.20. The van der Waals surface area contributed by atoms with Crippen LogP contribution in [0.4, 0.5) is 0 Å². The minimum atomic E-state index is -0.0894. The summed E-state index contributed by atoms with van der Waals surface area (Å²) in [5.41, 5.74) is 0. The molecule has 0 aliphatic carbocycles. The number of nitrogens with one attached hydrogen (secondary N) is 1. The number of hydrogen-bond donors (Lipinski definition) is 1. The molecular weight excluding hydrogens is 286 g/mol. The largest absolute Gasteiger partial charge is 0.339 e. The van der Waals surface area contributed by atoms with Gasteiger partial charge in [-0.1, -0.05) is 6.07 Å². The van der Waals surface area contributed by atoms with E-state index >= 15 is 0 Å². The van der Waals surface area contributed by atoms with E-state index in [9.17, 15) is 9.59 Å². The highest BCUT2D eigenvalue weighted by atomic mass is 35.5. The topological polar surface area (TPSA) is 52.7 Å². The second-order valence-electron chi connectivity index (χ2n) is 4.27. The van der Waals surface area contributed by atoms with Crippen molar-refractivity contribution in [2.75, 3.05) is 39.8 Å². The van der Waals surface area contributed by atoms with Crippen LogP contribution in [0.3, 0.4) is 0 Å². The number of amides is 2. The van der Waals surface area contributed by atoms with Crippen molar-refractivity contribution in [3.63, 3.8) is 0 Å². The van der Waals surface area contributed by atoms with Crippen LogP contribution in [0.15, 0.2) is 17.5 Å². The van der Waals surface area contributed by atoms with Crippen molar-refractivity contribution in [2.24, 2.45) is 0 Å². The molecule has 1 aromatic heterocycles. The van der Waals surface area contributed by atoms with Crippen LogP contribution in [0.1, 0.15) is 9.67 Å². The first-order valence-corrected chi connectivity index (χ1v) is 6.84. The van der Waals surface area contributed by atoms with Crippen LogP contribution in [-0.2, 0) is 4.79 Å². The van der Waals surface area contributed by atoms with Crippen molar-refractivity contribution in [3.05, 3.63) is 22.4 Å². The van der Waals surface area contributed by atoms with Gasteiger partial charge in [0.15, 0.2) is 0 Å². The summed E-state index contributed by atoms with van der Waals surface area (Å²) in [5, 5.41) is 5.06. The second kappa shape index (κ2) is 7.47. The van der Waals surface area contributed by atoms with E-state index < -0.39 is 0 Å². The molecule has 7 heteroatoms. The number of hydrogen-bond acceptors (Lipinski definition) is 4. The zero-order chi connectivity index (χ0) is 13.0. The number of rotatable bonds is 3. The van der Waals surface area contributed by atoms with Gasteiger partial charge in [-0.05, 0) is 11.4 Å². The average molecular weight is 304 g/mol. The predicted octanol–water partition coefficient (Wildman–Crippen LogP) is 0.674. The molecule has 0 atom stereocenters. The third kappa shape index (κ3) is 4.19. The summed E-state index contributed by atoms with van der Waals surface area (Å²) in [7, 11) is 1.67. The average Bonchev–Trinajstić information content (AvgIpc) is 2.92. The first kappa shape index (κ1) is 15.9. The molecule has 19 heavy (non-hydrogen) atoms. The molecule has 0 unspecified atom stereocenters. The van der Waals surface area contributed by atoms with Crippen molar-refractivity contribution in [2.45, 2.75) is 0 Å². The van der Waals surface area contributed by atoms with Crippen molar-refractivity contribution in [3.8, 4) is 0 Å². The highest BCUT2D eigenvalue weighted by Crippen LogP contribution is 2.11. The summed E-state index contributed by atoms with van der Waals surface area (Å²) in [4.78, 5) is 27.9. The van der Waals surface area contributed by atoms with Gasteiger partial charge in [0.1, 0.15) is 0 Å². The molecule has 0 aromatic carbocycles. The van der Waals surface area contributed by atoms with Crippen molar-refractivity contribution in [1.82, 2.24) is 15.1 Å². The smallest absolute Gasteiger partial charge is 0.264 e. The zero-order valence-electron chi connectivity index (χ0n) is 10.8. The number of thiophene rings is 1. The van der Waals surface area contributed by atoms with E-state index in [0.29, 0.717) is 4.88 Å². The number of carbonyl (C=O) groups is 2. The molecule has 2 rings (SSSR count). The van der Waals surface area contributed by atoms with Crippen LogP contribution >= 0.6 is 23.7 Å². The summed E-state index contributed by atoms with van der Waals surface area (Å²) in [6.07, 6.45) is 0. The molecule has 1 aliphatic heterocycles. The quantitative estimate of drug-likeness (QED) is 0.893. The van der Waals surface area contributed by atoms with E-state index in [1.54, 1.807) is 18.0 Å². The van der Waals surface area contributed by atoms with Crippen LogP contribution in [0, 0.1) is 0 Å². The molecule has 0 radical (unpaired) electrons. The number of likely N-dealkylation sites (N-methyl/N-ethyl adjacent to an activating group) is 1.